The van der Waals surface area contributed by atoms with E-state index in [1.165, 1.54) is 30.4 Å². The average Bonchev–Trinajstić information content (AvgIpc) is 2.63. The van der Waals surface area contributed by atoms with Crippen molar-refractivity contribution in [3.05, 3.63) is 34.9 Å². The van der Waals surface area contributed by atoms with E-state index in [0.717, 1.165) is 5.56 Å². The van der Waals surface area contributed by atoms with Crippen LogP contribution in [0.25, 0.3) is 0 Å². The minimum atomic E-state index is -0.0260. The van der Waals surface area contributed by atoms with Crippen LogP contribution in [0.2, 0.25) is 0 Å². The molecule has 0 fully saturated rings. The van der Waals surface area contributed by atoms with Crippen LogP contribution in [0.1, 0.15) is 36.5 Å². The smallest absolute Gasteiger partial charge is 0.138 e. The maximum Gasteiger partial charge on any atom is 0.138 e. The fraction of sp³-hybridized carbons (Fsp3) is 0.500. The quantitative estimate of drug-likeness (QED) is 0.838. The number of aryl methyl sites for hydroxylation is 2. The third kappa shape index (κ3) is 2.70. The van der Waals surface area contributed by atoms with Crippen molar-refractivity contribution in [3.8, 4) is 0 Å². The Morgan fingerprint density at radius 3 is 2.88 bits per heavy atom. The van der Waals surface area contributed by atoms with Crippen molar-refractivity contribution in [1.82, 2.24) is 0 Å². The van der Waals surface area contributed by atoms with E-state index in [0.29, 0.717) is 12.8 Å². The molecular weight excluding hydrogens is 198 g/mol. The molecule has 2 N–H and O–H groups in total. The summed E-state index contributed by atoms with van der Waals surface area (Å²) in [6.45, 7) is 1.88. The van der Waals surface area contributed by atoms with E-state index in [2.05, 4.69) is 18.2 Å². The summed E-state index contributed by atoms with van der Waals surface area (Å²) in [5.74, 6) is 0.243. The Hall–Kier alpha value is -1.15. The number of nitrogens with two attached hydrogens (primary N) is 1. The van der Waals surface area contributed by atoms with Gasteiger partial charge in [0.1, 0.15) is 5.78 Å². The molecular formula is C14H19NO. The number of hydrogen-bond donors (Lipinski definition) is 1. The van der Waals surface area contributed by atoms with Crippen molar-refractivity contribution in [2.24, 2.45) is 5.73 Å². The summed E-state index contributed by atoms with van der Waals surface area (Å²) < 4.78 is 0. The van der Waals surface area contributed by atoms with Crippen molar-refractivity contribution in [1.29, 1.82) is 0 Å². The second-order valence-electron chi connectivity index (χ2n) is 4.85. The van der Waals surface area contributed by atoms with Gasteiger partial charge in [-0.2, -0.15) is 0 Å². The molecule has 0 amide bonds. The van der Waals surface area contributed by atoms with Gasteiger partial charge < -0.3 is 5.73 Å². The van der Waals surface area contributed by atoms with Crippen LogP contribution >= 0.6 is 0 Å². The van der Waals surface area contributed by atoms with Gasteiger partial charge in [-0.15, -0.1) is 0 Å². The molecule has 0 radical (unpaired) electrons. The number of ketones is 1. The van der Waals surface area contributed by atoms with Gasteiger partial charge in [0.25, 0.3) is 0 Å². The van der Waals surface area contributed by atoms with E-state index >= 15 is 0 Å². The van der Waals surface area contributed by atoms with Gasteiger partial charge in [0.15, 0.2) is 0 Å². The van der Waals surface area contributed by atoms with Gasteiger partial charge in [0, 0.05) is 18.9 Å². The molecule has 1 unspecified atom stereocenters. The second kappa shape index (κ2) is 4.79. The Balaban J connectivity index is 2.02. The summed E-state index contributed by atoms with van der Waals surface area (Å²) in [7, 11) is 0. The van der Waals surface area contributed by atoms with Crippen molar-refractivity contribution >= 4 is 5.78 Å². The van der Waals surface area contributed by atoms with Crippen molar-refractivity contribution in [3.63, 3.8) is 0 Å². The Morgan fingerprint density at radius 1 is 1.38 bits per heavy atom. The maximum absolute atomic E-state index is 11.6. The molecule has 2 heteroatoms. The molecule has 0 aromatic heterocycles. The normalized spacial score (nSPS) is 15.9. The zero-order valence-corrected chi connectivity index (χ0v) is 9.83. The molecule has 16 heavy (non-hydrogen) atoms. The highest BCUT2D eigenvalue weighted by atomic mass is 16.1. The van der Waals surface area contributed by atoms with E-state index in [9.17, 15) is 4.79 Å². The van der Waals surface area contributed by atoms with E-state index in [4.69, 9.17) is 5.73 Å². The molecule has 1 atom stereocenters. The molecule has 1 aromatic carbocycles. The topological polar surface area (TPSA) is 43.1 Å². The predicted octanol–water partition coefficient (Wildman–Crippen LogP) is 2.02. The van der Waals surface area contributed by atoms with Gasteiger partial charge in [-0.3, -0.25) is 4.79 Å². The standard InChI is InChI=1S/C14H19NO/c1-10(15)7-14(16)9-11-5-6-12-3-2-4-13(12)8-11/h5-6,8,10H,2-4,7,9,15H2,1H3. The fourth-order valence-corrected chi connectivity index (χ4v) is 2.39. The third-order valence-electron chi connectivity index (χ3n) is 3.11. The highest BCUT2D eigenvalue weighted by molar-refractivity contribution is 5.81. The lowest BCUT2D eigenvalue weighted by Gasteiger charge is -2.06. The lowest BCUT2D eigenvalue weighted by molar-refractivity contribution is -0.118. The summed E-state index contributed by atoms with van der Waals surface area (Å²) in [6.07, 6.45) is 4.65. The molecule has 1 aliphatic rings. The minimum Gasteiger partial charge on any atom is -0.328 e. The van der Waals surface area contributed by atoms with E-state index in [-0.39, 0.29) is 11.8 Å². The average molecular weight is 217 g/mol. The van der Waals surface area contributed by atoms with Gasteiger partial charge >= 0.3 is 0 Å². The van der Waals surface area contributed by atoms with Crippen molar-refractivity contribution in [2.75, 3.05) is 0 Å². The molecule has 86 valence electrons. The van der Waals surface area contributed by atoms with Gasteiger partial charge in [-0.25, -0.2) is 0 Å². The first-order chi connectivity index (χ1) is 7.65. The second-order valence-corrected chi connectivity index (χ2v) is 4.85. The van der Waals surface area contributed by atoms with Crippen molar-refractivity contribution in [2.45, 2.75) is 45.1 Å². The molecule has 0 heterocycles. The van der Waals surface area contributed by atoms with Crippen LogP contribution in [0.4, 0.5) is 0 Å². The maximum atomic E-state index is 11.6. The van der Waals surface area contributed by atoms with Crippen LogP contribution in [0.3, 0.4) is 0 Å². The third-order valence-corrected chi connectivity index (χ3v) is 3.11. The summed E-state index contributed by atoms with van der Waals surface area (Å²) in [6, 6.07) is 6.43. The van der Waals surface area contributed by atoms with Crippen LogP contribution < -0.4 is 5.73 Å². The first-order valence-corrected chi connectivity index (χ1v) is 6.03. The summed E-state index contributed by atoms with van der Waals surface area (Å²) >= 11 is 0. The Bertz CT molecular complexity index is 396. The highest BCUT2D eigenvalue weighted by Crippen LogP contribution is 2.23. The highest BCUT2D eigenvalue weighted by Gasteiger charge is 2.12. The summed E-state index contributed by atoms with van der Waals surface area (Å²) in [5, 5.41) is 0. The van der Waals surface area contributed by atoms with Gasteiger partial charge in [-0.05, 0) is 42.9 Å². The number of Topliss-reactive ketones (excluding diaryl/α,β-unsaturated/α-hetero) is 1. The zero-order valence-electron chi connectivity index (χ0n) is 9.83. The number of hydrogen-bond acceptors (Lipinski definition) is 2. The number of carbonyl (C=O) groups excluding carboxylic acids is 1. The minimum absolute atomic E-state index is 0.0260. The molecule has 0 saturated carbocycles. The lowest BCUT2D eigenvalue weighted by atomic mass is 10.0. The summed E-state index contributed by atoms with van der Waals surface area (Å²) in [5.41, 5.74) is 9.66. The molecule has 0 aliphatic heterocycles. The fourth-order valence-electron chi connectivity index (χ4n) is 2.39. The number of fused-ring (bicyclic) bond motifs is 1. The molecule has 0 bridgehead atoms. The van der Waals surface area contributed by atoms with Crippen molar-refractivity contribution < 1.29 is 4.79 Å². The molecule has 0 saturated heterocycles. The van der Waals surface area contributed by atoms with Gasteiger partial charge in [0.05, 0.1) is 0 Å². The van der Waals surface area contributed by atoms with Crippen LogP contribution in [-0.2, 0) is 24.1 Å². The number of benzene rings is 1. The summed E-state index contributed by atoms with van der Waals surface area (Å²) in [4.78, 5) is 11.6. The SMILES string of the molecule is CC(N)CC(=O)Cc1ccc2c(c1)CCC2. The van der Waals surface area contributed by atoms with Crippen LogP contribution in [0, 0.1) is 0 Å². The first-order valence-electron chi connectivity index (χ1n) is 6.03. The largest absolute Gasteiger partial charge is 0.328 e. The Morgan fingerprint density at radius 2 is 2.12 bits per heavy atom. The van der Waals surface area contributed by atoms with Crippen LogP contribution in [0.15, 0.2) is 18.2 Å². The first kappa shape index (κ1) is 11.3. The Kier molecular flexibility index (Phi) is 3.39. The number of carbonyl (C=O) groups is 1. The molecule has 1 aromatic rings. The van der Waals surface area contributed by atoms with E-state index < -0.39 is 0 Å². The molecule has 1 aliphatic carbocycles. The van der Waals surface area contributed by atoms with Gasteiger partial charge in [-0.1, -0.05) is 18.2 Å². The number of rotatable bonds is 4. The molecule has 0 spiro atoms. The molecule has 2 nitrogen and oxygen atoms in total. The Labute approximate surface area is 96.8 Å². The monoisotopic (exact) mass is 217 g/mol. The molecule has 2 rings (SSSR count). The zero-order chi connectivity index (χ0) is 11.5. The van der Waals surface area contributed by atoms with Crippen LogP contribution in [-0.4, -0.2) is 11.8 Å². The van der Waals surface area contributed by atoms with E-state index in [1.807, 2.05) is 6.92 Å². The lowest BCUT2D eigenvalue weighted by Crippen LogP contribution is -2.20. The van der Waals surface area contributed by atoms with Crippen LogP contribution in [0.5, 0.6) is 0 Å². The predicted molar refractivity (Wildman–Crippen MR) is 65.4 cm³/mol. The van der Waals surface area contributed by atoms with Gasteiger partial charge in [0.2, 0.25) is 0 Å². The van der Waals surface area contributed by atoms with E-state index in [1.54, 1.807) is 0 Å².